The predicted molar refractivity (Wildman–Crippen MR) is 112 cm³/mol. The number of halogens is 1. The molecule has 0 unspecified atom stereocenters. The van der Waals surface area contributed by atoms with Crippen molar-refractivity contribution in [1.82, 2.24) is 14.9 Å². The molecule has 0 fully saturated rings. The second-order valence-electron chi connectivity index (χ2n) is 6.69. The number of carbonyl (C=O) groups is 2. The summed E-state index contributed by atoms with van der Waals surface area (Å²) in [5.41, 5.74) is 0.428. The largest absolute Gasteiger partial charge is 0.462 e. The van der Waals surface area contributed by atoms with E-state index in [0.717, 1.165) is 10.1 Å². The van der Waals surface area contributed by atoms with E-state index in [1.807, 2.05) is 19.1 Å². The molecule has 0 aliphatic heterocycles. The lowest BCUT2D eigenvalue weighted by Crippen LogP contribution is -2.34. The highest BCUT2D eigenvalue weighted by molar-refractivity contribution is 6.30. The summed E-state index contributed by atoms with van der Waals surface area (Å²) < 4.78 is 11.6. The molecule has 1 aromatic carbocycles. The van der Waals surface area contributed by atoms with Gasteiger partial charge in [0.25, 0.3) is 5.56 Å². The fraction of sp³-hybridized carbons (Fsp3) is 0.333. The summed E-state index contributed by atoms with van der Waals surface area (Å²) >= 11 is 5.92. The van der Waals surface area contributed by atoms with Crippen LogP contribution in [0.5, 0.6) is 0 Å². The number of hydrogen-bond donors (Lipinski definition) is 1. The Morgan fingerprint density at radius 2 is 1.97 bits per heavy atom. The number of aryl methyl sites for hydroxylation is 1. The number of furan rings is 1. The number of hydrogen-bond acceptors (Lipinski definition) is 6. The van der Waals surface area contributed by atoms with E-state index in [4.69, 9.17) is 20.8 Å². The third-order valence-electron chi connectivity index (χ3n) is 4.66. The van der Waals surface area contributed by atoms with E-state index in [0.29, 0.717) is 11.4 Å². The summed E-state index contributed by atoms with van der Waals surface area (Å²) in [5, 5.41) is 3.52. The van der Waals surface area contributed by atoms with Crippen LogP contribution >= 0.6 is 11.6 Å². The Morgan fingerprint density at radius 3 is 2.60 bits per heavy atom. The van der Waals surface area contributed by atoms with E-state index in [9.17, 15) is 14.4 Å². The Balaban J connectivity index is 1.86. The summed E-state index contributed by atoms with van der Waals surface area (Å²) in [6.45, 7) is 5.08. The molecule has 1 atom stereocenters. The van der Waals surface area contributed by atoms with Crippen LogP contribution in [-0.4, -0.2) is 28.0 Å². The van der Waals surface area contributed by atoms with Gasteiger partial charge in [-0.25, -0.2) is 9.78 Å². The van der Waals surface area contributed by atoms with Gasteiger partial charge in [-0.05, 0) is 38.0 Å². The summed E-state index contributed by atoms with van der Waals surface area (Å²) in [6, 6.07) is 6.97. The highest BCUT2D eigenvalue weighted by Gasteiger charge is 2.24. The van der Waals surface area contributed by atoms with Gasteiger partial charge in [-0.15, -0.1) is 0 Å². The highest BCUT2D eigenvalue weighted by atomic mass is 35.5. The van der Waals surface area contributed by atoms with Crippen LogP contribution < -0.4 is 10.9 Å². The molecule has 2 aromatic heterocycles. The van der Waals surface area contributed by atoms with Crippen molar-refractivity contribution >= 4 is 34.6 Å². The van der Waals surface area contributed by atoms with E-state index >= 15 is 0 Å². The second kappa shape index (κ2) is 9.13. The highest BCUT2D eigenvalue weighted by Crippen LogP contribution is 2.22. The van der Waals surface area contributed by atoms with Crippen LogP contribution in [0.1, 0.15) is 48.0 Å². The number of fused-ring (bicyclic) bond motifs is 1. The van der Waals surface area contributed by atoms with Gasteiger partial charge in [-0.2, -0.15) is 0 Å². The molecular weight excluding hydrogens is 410 g/mol. The molecule has 30 heavy (non-hydrogen) atoms. The third-order valence-corrected chi connectivity index (χ3v) is 4.92. The van der Waals surface area contributed by atoms with Crippen LogP contribution in [0.25, 0.3) is 11.1 Å². The van der Waals surface area contributed by atoms with Crippen LogP contribution in [0.15, 0.2) is 39.8 Å². The van der Waals surface area contributed by atoms with Crippen molar-refractivity contribution < 1.29 is 18.7 Å². The number of carbonyl (C=O) groups excluding carboxylic acids is 2. The van der Waals surface area contributed by atoms with E-state index in [1.54, 1.807) is 26.0 Å². The SMILES string of the molecule is CCOC(=O)c1c(C)oc2ncn(CC(=O)N[C@@H](CC)c3ccc(Cl)cc3)c(=O)c12. The van der Waals surface area contributed by atoms with Crippen molar-refractivity contribution in [3.63, 3.8) is 0 Å². The topological polar surface area (TPSA) is 103 Å². The number of rotatable bonds is 7. The van der Waals surface area contributed by atoms with Crippen LogP contribution in [0, 0.1) is 6.92 Å². The summed E-state index contributed by atoms with van der Waals surface area (Å²) in [4.78, 5) is 41.9. The number of amides is 1. The molecule has 3 rings (SSSR count). The fourth-order valence-corrected chi connectivity index (χ4v) is 3.34. The van der Waals surface area contributed by atoms with Gasteiger partial charge in [0, 0.05) is 5.02 Å². The fourth-order valence-electron chi connectivity index (χ4n) is 3.21. The second-order valence-corrected chi connectivity index (χ2v) is 7.13. The van der Waals surface area contributed by atoms with Crippen molar-refractivity contribution in [3.8, 4) is 0 Å². The van der Waals surface area contributed by atoms with Crippen LogP contribution in [0.3, 0.4) is 0 Å². The molecule has 2 heterocycles. The molecule has 0 aliphatic carbocycles. The predicted octanol–water partition coefficient (Wildman–Crippen LogP) is 3.40. The average Bonchev–Trinajstić information content (AvgIpc) is 3.06. The lowest BCUT2D eigenvalue weighted by Gasteiger charge is -2.18. The molecule has 0 spiro atoms. The maximum Gasteiger partial charge on any atom is 0.342 e. The van der Waals surface area contributed by atoms with E-state index in [2.05, 4.69) is 10.3 Å². The van der Waals surface area contributed by atoms with Gasteiger partial charge in [-0.1, -0.05) is 30.7 Å². The first-order valence-corrected chi connectivity index (χ1v) is 9.93. The van der Waals surface area contributed by atoms with Gasteiger partial charge in [0.05, 0.1) is 12.6 Å². The lowest BCUT2D eigenvalue weighted by atomic mass is 10.0. The molecule has 8 nitrogen and oxygen atoms in total. The molecule has 0 saturated heterocycles. The Bertz CT molecular complexity index is 1130. The number of nitrogens with zero attached hydrogens (tertiary/aromatic N) is 2. The minimum Gasteiger partial charge on any atom is -0.462 e. The van der Waals surface area contributed by atoms with E-state index < -0.39 is 11.5 Å². The minimum atomic E-state index is -0.663. The maximum atomic E-state index is 12.9. The monoisotopic (exact) mass is 431 g/mol. The molecule has 0 aliphatic rings. The summed E-state index contributed by atoms with van der Waals surface area (Å²) in [5.74, 6) is -0.786. The van der Waals surface area contributed by atoms with E-state index in [1.165, 1.54) is 6.33 Å². The van der Waals surface area contributed by atoms with Crippen molar-refractivity contribution in [1.29, 1.82) is 0 Å². The number of benzene rings is 1. The van der Waals surface area contributed by atoms with E-state index in [-0.39, 0.29) is 47.5 Å². The Hall–Kier alpha value is -3.13. The van der Waals surface area contributed by atoms with Crippen molar-refractivity contribution in [3.05, 3.63) is 62.9 Å². The first-order valence-electron chi connectivity index (χ1n) is 9.56. The minimum absolute atomic E-state index is 0.00555. The van der Waals surface area contributed by atoms with Gasteiger partial charge in [0.2, 0.25) is 11.6 Å². The maximum absolute atomic E-state index is 12.9. The van der Waals surface area contributed by atoms with Crippen LogP contribution in [0.2, 0.25) is 5.02 Å². The molecule has 3 aromatic rings. The first kappa shape index (κ1) is 21.6. The molecular formula is C21H22ClN3O5. The van der Waals surface area contributed by atoms with Gasteiger partial charge in [0.1, 0.15) is 29.6 Å². The van der Waals surface area contributed by atoms with Gasteiger partial charge in [0.15, 0.2) is 0 Å². The van der Waals surface area contributed by atoms with Gasteiger partial charge >= 0.3 is 5.97 Å². The molecule has 0 radical (unpaired) electrons. The van der Waals surface area contributed by atoms with Gasteiger partial charge < -0.3 is 14.5 Å². The smallest absolute Gasteiger partial charge is 0.342 e. The third kappa shape index (κ3) is 4.38. The van der Waals surface area contributed by atoms with Crippen molar-refractivity contribution in [2.45, 2.75) is 39.8 Å². The Labute approximate surface area is 177 Å². The molecule has 0 saturated carbocycles. The first-order chi connectivity index (χ1) is 14.3. The zero-order valence-corrected chi connectivity index (χ0v) is 17.7. The molecule has 0 bridgehead atoms. The summed E-state index contributed by atoms with van der Waals surface area (Å²) in [7, 11) is 0. The molecule has 9 heteroatoms. The van der Waals surface area contributed by atoms with Crippen LogP contribution in [-0.2, 0) is 16.1 Å². The molecule has 1 N–H and O–H groups in total. The van der Waals surface area contributed by atoms with Crippen LogP contribution in [0.4, 0.5) is 0 Å². The number of ether oxygens (including phenoxy) is 1. The average molecular weight is 432 g/mol. The summed E-state index contributed by atoms with van der Waals surface area (Å²) in [6.07, 6.45) is 1.89. The number of nitrogens with one attached hydrogen (secondary N) is 1. The Kier molecular flexibility index (Phi) is 6.56. The van der Waals surface area contributed by atoms with Crippen molar-refractivity contribution in [2.75, 3.05) is 6.61 Å². The van der Waals surface area contributed by atoms with Crippen molar-refractivity contribution in [2.24, 2.45) is 0 Å². The number of aromatic nitrogens is 2. The Morgan fingerprint density at radius 1 is 1.27 bits per heavy atom. The lowest BCUT2D eigenvalue weighted by molar-refractivity contribution is -0.122. The standard InChI is InChI=1S/C21H22ClN3O5/c1-4-15(13-6-8-14(22)9-7-13)24-16(26)10-25-11-23-19-18(20(25)27)17(12(3)30-19)21(28)29-5-2/h6-9,11,15H,4-5,10H2,1-3H3,(H,24,26)/t15-/m0/s1. The zero-order chi connectivity index (χ0) is 21.8. The molecule has 1 amide bonds. The quantitative estimate of drug-likeness (QED) is 0.575. The number of esters is 1. The zero-order valence-electron chi connectivity index (χ0n) is 16.9. The van der Waals surface area contributed by atoms with Gasteiger partial charge in [-0.3, -0.25) is 14.2 Å². The molecule has 158 valence electrons. The normalized spacial score (nSPS) is 12.0.